The van der Waals surface area contributed by atoms with Gasteiger partial charge in [-0.05, 0) is 56.2 Å². The molecule has 2 heterocycles. The lowest BCUT2D eigenvalue weighted by atomic mass is 10.0. The highest BCUT2D eigenvalue weighted by Crippen LogP contribution is 2.36. The Balaban J connectivity index is 1.76. The summed E-state index contributed by atoms with van der Waals surface area (Å²) in [4.78, 5) is 2.28. The first kappa shape index (κ1) is 16.2. The van der Waals surface area contributed by atoms with Crippen LogP contribution in [0, 0.1) is 6.92 Å². The summed E-state index contributed by atoms with van der Waals surface area (Å²) >= 11 is 0. The number of anilines is 1. The predicted octanol–water partition coefficient (Wildman–Crippen LogP) is 3.26. The summed E-state index contributed by atoms with van der Waals surface area (Å²) in [5.41, 5.74) is 2.32. The van der Waals surface area contributed by atoms with Crippen LogP contribution >= 0.6 is 0 Å². The van der Waals surface area contributed by atoms with Crippen molar-refractivity contribution in [3.63, 3.8) is 0 Å². The van der Waals surface area contributed by atoms with Gasteiger partial charge in [-0.15, -0.1) is 0 Å². The van der Waals surface area contributed by atoms with Crippen LogP contribution in [0.25, 0.3) is 0 Å². The van der Waals surface area contributed by atoms with Gasteiger partial charge in [-0.1, -0.05) is 17.7 Å². The number of hydrogen-bond donors (Lipinski definition) is 1. The molecule has 0 aliphatic carbocycles. The van der Waals surface area contributed by atoms with Gasteiger partial charge in [-0.3, -0.25) is 0 Å². The molecule has 0 unspecified atom stereocenters. The third kappa shape index (κ3) is 2.71. The number of amidine groups is 1. The van der Waals surface area contributed by atoms with E-state index in [1.807, 2.05) is 24.3 Å². The minimum absolute atomic E-state index is 0.553. The van der Waals surface area contributed by atoms with Crippen LogP contribution < -0.4 is 9.64 Å². The molecule has 1 N–H and O–H groups in total. The van der Waals surface area contributed by atoms with Gasteiger partial charge >= 0.3 is 0 Å². The minimum Gasteiger partial charge on any atom is -0.497 e. The fourth-order valence-corrected chi connectivity index (χ4v) is 3.96. The Morgan fingerprint density at radius 2 is 1.76 bits per heavy atom. The molecule has 0 fully saturated rings. The number of aryl methyl sites for hydroxylation is 1. The number of β-amino-alcohol motifs (C(OH)–C–C–N with tert-alkyl or cyclic N) is 1. The van der Waals surface area contributed by atoms with E-state index in [0.29, 0.717) is 6.54 Å². The average Bonchev–Trinajstić information content (AvgIpc) is 2.97. The fraction of sp³-hybridized carbons (Fsp3) is 0.381. The molecule has 4 rings (SSSR count). The number of benzene rings is 2. The van der Waals surface area contributed by atoms with E-state index in [4.69, 9.17) is 4.74 Å². The molecular weight excluding hydrogens is 312 g/mol. The standard InChI is InChI=1S/C21H25N2O2/c1-16-6-10-18(11-7-16)22-15-21(24,23-14-4-3-5-20(22)23)17-8-12-19(25-2)13-9-17/h6-13,24H,3-5,14-15H2,1-2H3/q+1/t21-/m0/s1. The Bertz CT molecular complexity index is 796. The summed E-state index contributed by atoms with van der Waals surface area (Å²) in [5, 5.41) is 11.6. The Labute approximate surface area is 149 Å². The van der Waals surface area contributed by atoms with E-state index in [9.17, 15) is 5.11 Å². The molecule has 2 aliphatic rings. The first-order valence-corrected chi connectivity index (χ1v) is 8.96. The number of hydrogen-bond acceptors (Lipinski definition) is 3. The largest absolute Gasteiger partial charge is 0.497 e. The number of aliphatic hydroxyl groups is 1. The number of nitrogens with zero attached hydrogens (tertiary/aromatic N) is 2. The maximum Gasteiger partial charge on any atom is 0.271 e. The summed E-state index contributed by atoms with van der Waals surface area (Å²) in [7, 11) is 1.66. The van der Waals surface area contributed by atoms with Crippen molar-refractivity contribution in [3.05, 3.63) is 59.7 Å². The lowest BCUT2D eigenvalue weighted by molar-refractivity contribution is -0.661. The molecule has 0 saturated heterocycles. The Morgan fingerprint density at radius 3 is 2.44 bits per heavy atom. The van der Waals surface area contributed by atoms with Gasteiger partial charge in [0.25, 0.3) is 11.6 Å². The zero-order valence-electron chi connectivity index (χ0n) is 14.9. The smallest absolute Gasteiger partial charge is 0.271 e. The van der Waals surface area contributed by atoms with Gasteiger partial charge in [0.1, 0.15) is 11.4 Å². The molecule has 25 heavy (non-hydrogen) atoms. The van der Waals surface area contributed by atoms with Gasteiger partial charge in [0, 0.05) is 12.0 Å². The third-order valence-corrected chi connectivity index (χ3v) is 5.38. The highest BCUT2D eigenvalue weighted by Gasteiger charge is 2.52. The van der Waals surface area contributed by atoms with Crippen LogP contribution in [0.15, 0.2) is 48.5 Å². The number of methoxy groups -OCH3 is 1. The molecule has 4 nitrogen and oxygen atoms in total. The van der Waals surface area contributed by atoms with Crippen LogP contribution in [-0.4, -0.2) is 35.7 Å². The van der Waals surface area contributed by atoms with Crippen molar-refractivity contribution in [2.24, 2.45) is 0 Å². The molecule has 2 aliphatic heterocycles. The summed E-state index contributed by atoms with van der Waals surface area (Å²) in [5.74, 6) is 2.04. The lowest BCUT2D eigenvalue weighted by Gasteiger charge is -2.24. The lowest BCUT2D eigenvalue weighted by Crippen LogP contribution is -2.41. The molecule has 130 valence electrons. The quantitative estimate of drug-likeness (QED) is 0.873. The molecule has 0 amide bonds. The van der Waals surface area contributed by atoms with Gasteiger partial charge < -0.3 is 9.84 Å². The van der Waals surface area contributed by atoms with Crippen LogP contribution in [0.5, 0.6) is 5.75 Å². The maximum absolute atomic E-state index is 11.6. The molecule has 1 atom stereocenters. The summed E-state index contributed by atoms with van der Waals surface area (Å²) in [6.45, 7) is 3.54. The summed E-state index contributed by atoms with van der Waals surface area (Å²) < 4.78 is 7.45. The molecule has 0 radical (unpaired) electrons. The van der Waals surface area contributed by atoms with Crippen molar-refractivity contribution < 1.29 is 14.4 Å². The molecule has 0 spiro atoms. The summed E-state index contributed by atoms with van der Waals surface area (Å²) in [6, 6.07) is 16.4. The van der Waals surface area contributed by atoms with Crippen molar-refractivity contribution in [1.82, 2.24) is 0 Å². The van der Waals surface area contributed by atoms with E-state index >= 15 is 0 Å². The maximum atomic E-state index is 11.6. The Hall–Kier alpha value is -2.33. The van der Waals surface area contributed by atoms with Gasteiger partial charge in [-0.25, -0.2) is 9.48 Å². The van der Waals surface area contributed by atoms with Gasteiger partial charge in [0.2, 0.25) is 0 Å². The van der Waals surface area contributed by atoms with Gasteiger partial charge in [0.05, 0.1) is 13.7 Å². The molecular formula is C21H25N2O2+. The van der Waals surface area contributed by atoms with E-state index in [1.54, 1.807) is 7.11 Å². The van der Waals surface area contributed by atoms with E-state index in [0.717, 1.165) is 36.4 Å². The van der Waals surface area contributed by atoms with Crippen molar-refractivity contribution in [1.29, 1.82) is 0 Å². The Kier molecular flexibility index (Phi) is 4.00. The molecule has 2 aromatic carbocycles. The molecule has 0 saturated carbocycles. The molecule has 0 bridgehead atoms. The van der Waals surface area contributed by atoms with E-state index in [-0.39, 0.29) is 0 Å². The minimum atomic E-state index is -0.993. The zero-order chi connectivity index (χ0) is 17.4. The number of ether oxygens (including phenoxy) is 1. The van der Waals surface area contributed by atoms with Crippen LogP contribution in [0.2, 0.25) is 0 Å². The molecule has 2 aromatic rings. The monoisotopic (exact) mass is 337 g/mol. The zero-order valence-corrected chi connectivity index (χ0v) is 14.9. The van der Waals surface area contributed by atoms with Gasteiger partial charge in [0.15, 0.2) is 6.54 Å². The SMILES string of the molecule is COc1ccc([C@@]2(O)CN(c3ccc(C)cc3)C3=[N+]2CCCC3)cc1. The number of rotatable bonds is 3. The van der Waals surface area contributed by atoms with Crippen LogP contribution in [-0.2, 0) is 5.72 Å². The van der Waals surface area contributed by atoms with E-state index < -0.39 is 5.72 Å². The highest BCUT2D eigenvalue weighted by atomic mass is 16.5. The Morgan fingerprint density at radius 1 is 1.04 bits per heavy atom. The predicted molar refractivity (Wildman–Crippen MR) is 99.4 cm³/mol. The van der Waals surface area contributed by atoms with Crippen LogP contribution in [0.3, 0.4) is 0 Å². The van der Waals surface area contributed by atoms with Crippen LogP contribution in [0.4, 0.5) is 5.69 Å². The van der Waals surface area contributed by atoms with Crippen molar-refractivity contribution >= 4 is 11.5 Å². The second-order valence-electron chi connectivity index (χ2n) is 6.99. The van der Waals surface area contributed by atoms with Crippen molar-refractivity contribution in [2.45, 2.75) is 31.9 Å². The van der Waals surface area contributed by atoms with Crippen molar-refractivity contribution in [2.75, 3.05) is 25.1 Å². The fourth-order valence-electron chi connectivity index (χ4n) is 3.96. The first-order valence-electron chi connectivity index (χ1n) is 8.96. The topological polar surface area (TPSA) is 35.7 Å². The molecule has 0 aromatic heterocycles. The van der Waals surface area contributed by atoms with Gasteiger partial charge in [-0.2, -0.15) is 0 Å². The van der Waals surface area contributed by atoms with E-state index in [2.05, 4.69) is 40.7 Å². The second-order valence-corrected chi connectivity index (χ2v) is 6.99. The van der Waals surface area contributed by atoms with Crippen LogP contribution in [0.1, 0.15) is 30.4 Å². The van der Waals surface area contributed by atoms with E-state index in [1.165, 1.54) is 17.8 Å². The first-order chi connectivity index (χ1) is 12.1. The highest BCUT2D eigenvalue weighted by molar-refractivity contribution is 5.96. The van der Waals surface area contributed by atoms with Crippen molar-refractivity contribution in [3.8, 4) is 5.75 Å². The second kappa shape index (κ2) is 6.19. The summed E-state index contributed by atoms with van der Waals surface area (Å²) in [6.07, 6.45) is 3.29. The third-order valence-electron chi connectivity index (χ3n) is 5.38. The molecule has 4 heteroatoms. The normalized spacial score (nSPS) is 22.9. The average molecular weight is 337 g/mol.